The Balaban J connectivity index is 1.85. The van der Waals surface area contributed by atoms with E-state index in [-0.39, 0.29) is 23.9 Å². The van der Waals surface area contributed by atoms with Gasteiger partial charge in [-0.3, -0.25) is 9.36 Å². The SMILES string of the molecule is CCOCc1nc(=O)c(S(=O)(=O)c2ccc(-c3ccc(F)nc3)cc2)c(O)n1[C@@H](COC)c1ccccc1. The van der Waals surface area contributed by atoms with Gasteiger partial charge < -0.3 is 14.6 Å². The van der Waals surface area contributed by atoms with Crippen LogP contribution in [-0.2, 0) is 25.9 Å². The minimum absolute atomic E-state index is 0.0540. The summed E-state index contributed by atoms with van der Waals surface area (Å²) >= 11 is 0. The molecule has 2 aromatic heterocycles. The number of nitrogens with zero attached hydrogens (tertiary/aromatic N) is 3. The molecule has 0 saturated heterocycles. The maximum absolute atomic E-state index is 13.6. The zero-order valence-corrected chi connectivity index (χ0v) is 21.6. The standard InChI is InChI=1S/C27H26FN3O6S/c1-3-37-17-24-30-26(32)25(27(33)31(24)22(16-36-2)19-7-5-4-6-8-19)38(34,35)21-12-9-18(10-13-21)20-11-14-23(28)29-15-20/h4-15,22,33H,3,16-17H2,1-2H3/t22-/m0/s1. The second-order valence-corrected chi connectivity index (χ2v) is 10.2. The molecule has 0 fully saturated rings. The lowest BCUT2D eigenvalue weighted by Crippen LogP contribution is -2.29. The first kappa shape index (κ1) is 27.1. The number of benzene rings is 2. The second-order valence-electron chi connectivity index (χ2n) is 8.27. The van der Waals surface area contributed by atoms with Crippen LogP contribution in [0.2, 0.25) is 0 Å². The molecule has 4 rings (SSSR count). The highest BCUT2D eigenvalue weighted by Crippen LogP contribution is 2.32. The first-order valence-electron chi connectivity index (χ1n) is 11.7. The smallest absolute Gasteiger partial charge is 0.296 e. The van der Waals surface area contributed by atoms with Crippen molar-refractivity contribution < 1.29 is 27.4 Å². The summed E-state index contributed by atoms with van der Waals surface area (Å²) in [6.45, 7) is 2.00. The molecule has 0 saturated carbocycles. The number of pyridine rings is 1. The van der Waals surface area contributed by atoms with Crippen LogP contribution in [0.5, 0.6) is 5.88 Å². The molecule has 0 aliphatic carbocycles. The highest BCUT2D eigenvalue weighted by Gasteiger charge is 2.32. The highest BCUT2D eigenvalue weighted by atomic mass is 32.2. The Morgan fingerprint density at radius 1 is 1.03 bits per heavy atom. The van der Waals surface area contributed by atoms with Gasteiger partial charge in [0.15, 0.2) is 4.90 Å². The molecule has 0 amide bonds. The van der Waals surface area contributed by atoms with Crippen molar-refractivity contribution in [2.24, 2.45) is 0 Å². The molecule has 38 heavy (non-hydrogen) atoms. The maximum atomic E-state index is 13.6. The third-order valence-corrected chi connectivity index (χ3v) is 7.67. The fourth-order valence-corrected chi connectivity index (χ4v) is 5.40. The molecule has 1 atom stereocenters. The molecule has 0 bridgehead atoms. The Morgan fingerprint density at radius 3 is 2.32 bits per heavy atom. The van der Waals surface area contributed by atoms with Crippen LogP contribution in [0, 0.1) is 5.95 Å². The monoisotopic (exact) mass is 539 g/mol. The van der Waals surface area contributed by atoms with Gasteiger partial charge in [0, 0.05) is 25.5 Å². The van der Waals surface area contributed by atoms with E-state index in [9.17, 15) is 22.7 Å². The van der Waals surface area contributed by atoms with Gasteiger partial charge in [-0.25, -0.2) is 13.4 Å². The predicted molar refractivity (Wildman–Crippen MR) is 137 cm³/mol. The summed E-state index contributed by atoms with van der Waals surface area (Å²) in [4.78, 5) is 19.6. The minimum Gasteiger partial charge on any atom is -0.493 e. The molecule has 198 valence electrons. The Morgan fingerprint density at radius 2 is 1.71 bits per heavy atom. The van der Waals surface area contributed by atoms with Gasteiger partial charge in [0.1, 0.15) is 12.4 Å². The van der Waals surface area contributed by atoms with Crippen molar-refractivity contribution in [2.75, 3.05) is 20.3 Å². The van der Waals surface area contributed by atoms with Crippen molar-refractivity contribution in [3.63, 3.8) is 0 Å². The van der Waals surface area contributed by atoms with Crippen LogP contribution < -0.4 is 5.56 Å². The van der Waals surface area contributed by atoms with Gasteiger partial charge >= 0.3 is 0 Å². The molecule has 1 N–H and O–H groups in total. The molecule has 4 aromatic rings. The average molecular weight is 540 g/mol. The van der Waals surface area contributed by atoms with Crippen molar-refractivity contribution >= 4 is 9.84 Å². The summed E-state index contributed by atoms with van der Waals surface area (Å²) in [7, 11) is -3.03. The lowest BCUT2D eigenvalue weighted by molar-refractivity contribution is 0.114. The summed E-state index contributed by atoms with van der Waals surface area (Å²) < 4.78 is 52.5. The van der Waals surface area contributed by atoms with E-state index < -0.39 is 38.2 Å². The van der Waals surface area contributed by atoms with E-state index in [1.807, 2.05) is 6.07 Å². The second kappa shape index (κ2) is 11.6. The van der Waals surface area contributed by atoms with E-state index >= 15 is 0 Å². The highest BCUT2D eigenvalue weighted by molar-refractivity contribution is 7.91. The molecular weight excluding hydrogens is 513 g/mol. The number of aromatic hydroxyl groups is 1. The Hall–Kier alpha value is -3.93. The zero-order valence-electron chi connectivity index (χ0n) is 20.7. The molecule has 11 heteroatoms. The number of methoxy groups -OCH3 is 1. The van der Waals surface area contributed by atoms with Crippen molar-refractivity contribution in [3.8, 4) is 17.0 Å². The molecular formula is C27H26FN3O6S. The van der Waals surface area contributed by atoms with Crippen LogP contribution in [0.25, 0.3) is 11.1 Å². The van der Waals surface area contributed by atoms with Crippen LogP contribution in [0.3, 0.4) is 0 Å². The normalized spacial score (nSPS) is 12.4. The Bertz CT molecular complexity index is 1560. The van der Waals surface area contributed by atoms with E-state index in [0.29, 0.717) is 23.3 Å². The summed E-state index contributed by atoms with van der Waals surface area (Å²) in [6.07, 6.45) is 1.32. The number of ether oxygens (including phenoxy) is 2. The number of hydrogen-bond donors (Lipinski definition) is 1. The van der Waals surface area contributed by atoms with Gasteiger partial charge in [0.05, 0.1) is 17.5 Å². The molecule has 2 heterocycles. The molecule has 0 aliphatic rings. The summed E-state index contributed by atoms with van der Waals surface area (Å²) in [5.74, 6) is -1.35. The average Bonchev–Trinajstić information content (AvgIpc) is 2.92. The van der Waals surface area contributed by atoms with Crippen LogP contribution >= 0.6 is 0 Å². The number of aromatic nitrogens is 3. The van der Waals surface area contributed by atoms with Gasteiger partial charge in [-0.1, -0.05) is 42.5 Å². The molecule has 0 spiro atoms. The summed E-state index contributed by atoms with van der Waals surface area (Å²) in [6, 6.07) is 16.6. The summed E-state index contributed by atoms with van der Waals surface area (Å²) in [5, 5.41) is 11.4. The fourth-order valence-electron chi connectivity index (χ4n) is 4.05. The van der Waals surface area contributed by atoms with Gasteiger partial charge in [0.2, 0.25) is 21.7 Å². The maximum Gasteiger partial charge on any atom is 0.296 e. The van der Waals surface area contributed by atoms with Crippen molar-refractivity contribution in [1.82, 2.24) is 14.5 Å². The topological polar surface area (TPSA) is 121 Å². The quantitative estimate of drug-likeness (QED) is 0.303. The molecule has 2 aromatic carbocycles. The van der Waals surface area contributed by atoms with Gasteiger partial charge in [-0.2, -0.15) is 9.37 Å². The lowest BCUT2D eigenvalue weighted by Gasteiger charge is -2.25. The number of sulfone groups is 1. The van der Waals surface area contributed by atoms with E-state index in [1.54, 1.807) is 31.2 Å². The first-order valence-corrected chi connectivity index (χ1v) is 13.2. The lowest BCUT2D eigenvalue weighted by atomic mass is 10.1. The Kier molecular flexibility index (Phi) is 8.30. The summed E-state index contributed by atoms with van der Waals surface area (Å²) in [5.41, 5.74) is 0.762. The molecule has 0 unspecified atom stereocenters. The zero-order chi connectivity index (χ0) is 27.3. The fraction of sp³-hybridized carbons (Fsp3) is 0.222. The molecule has 9 nitrogen and oxygen atoms in total. The van der Waals surface area contributed by atoms with Crippen LogP contribution in [0.15, 0.2) is 87.5 Å². The van der Waals surface area contributed by atoms with Crippen molar-refractivity contribution in [3.05, 3.63) is 101 Å². The number of rotatable bonds is 10. The van der Waals surface area contributed by atoms with E-state index in [2.05, 4.69) is 9.97 Å². The number of hydrogen-bond acceptors (Lipinski definition) is 8. The van der Waals surface area contributed by atoms with E-state index in [4.69, 9.17) is 9.47 Å². The van der Waals surface area contributed by atoms with Crippen molar-refractivity contribution in [1.29, 1.82) is 0 Å². The van der Waals surface area contributed by atoms with Gasteiger partial charge in [-0.15, -0.1) is 0 Å². The minimum atomic E-state index is -4.50. The van der Waals surface area contributed by atoms with E-state index in [0.717, 1.165) is 0 Å². The van der Waals surface area contributed by atoms with Gasteiger partial charge in [0.25, 0.3) is 5.56 Å². The Labute approximate surface area is 219 Å². The van der Waals surface area contributed by atoms with Gasteiger partial charge in [-0.05, 0) is 42.3 Å². The number of halogens is 1. The predicted octanol–water partition coefficient (Wildman–Crippen LogP) is 3.76. The third-order valence-electron chi connectivity index (χ3n) is 5.88. The van der Waals surface area contributed by atoms with Crippen LogP contribution in [0.1, 0.15) is 24.4 Å². The van der Waals surface area contributed by atoms with Crippen LogP contribution in [-0.4, -0.2) is 48.4 Å². The molecule has 0 aliphatic heterocycles. The first-order chi connectivity index (χ1) is 18.3. The van der Waals surface area contributed by atoms with Crippen LogP contribution in [0.4, 0.5) is 4.39 Å². The molecule has 0 radical (unpaired) electrons. The third kappa shape index (κ3) is 5.49. The van der Waals surface area contributed by atoms with Crippen molar-refractivity contribution in [2.45, 2.75) is 29.4 Å². The van der Waals surface area contributed by atoms with E-state index in [1.165, 1.54) is 54.3 Å². The largest absolute Gasteiger partial charge is 0.493 e.